The van der Waals surface area contributed by atoms with Gasteiger partial charge in [-0.15, -0.1) is 5.10 Å². The Hall–Kier alpha value is -4.44. The predicted octanol–water partition coefficient (Wildman–Crippen LogP) is 4.58. The van der Waals surface area contributed by atoms with Crippen LogP contribution in [0.3, 0.4) is 0 Å². The first-order chi connectivity index (χ1) is 18.1. The van der Waals surface area contributed by atoms with Gasteiger partial charge >= 0.3 is 0 Å². The minimum atomic E-state index is -0.580. The topological polar surface area (TPSA) is 104 Å². The Morgan fingerprint density at radius 3 is 2.70 bits per heavy atom. The summed E-state index contributed by atoms with van der Waals surface area (Å²) in [6.45, 7) is 3.78. The van der Waals surface area contributed by atoms with Gasteiger partial charge in [-0.1, -0.05) is 18.2 Å². The lowest BCUT2D eigenvalue weighted by Crippen LogP contribution is -2.27. The Balaban J connectivity index is 1.48. The zero-order valence-electron chi connectivity index (χ0n) is 20.0. The van der Waals surface area contributed by atoms with Gasteiger partial charge in [0.2, 0.25) is 0 Å². The number of piperidine rings is 1. The maximum absolute atomic E-state index is 15.7. The van der Waals surface area contributed by atoms with E-state index in [2.05, 4.69) is 25.6 Å². The minimum Gasteiger partial charge on any atom is -0.453 e. The summed E-state index contributed by atoms with van der Waals surface area (Å²) in [5, 5.41) is 16.7. The van der Waals surface area contributed by atoms with Crippen molar-refractivity contribution in [2.45, 2.75) is 25.7 Å². The van der Waals surface area contributed by atoms with Gasteiger partial charge in [-0.3, -0.25) is 4.79 Å². The number of ether oxygens (including phenoxy) is 2. The smallest absolute Gasteiger partial charge is 0.298 e. The highest BCUT2D eigenvalue weighted by atomic mass is 19.1. The molecule has 0 spiro atoms. The van der Waals surface area contributed by atoms with Crippen molar-refractivity contribution in [3.05, 3.63) is 71.9 Å². The maximum Gasteiger partial charge on any atom is 0.298 e. The quantitative estimate of drug-likeness (QED) is 0.339. The number of carbonyl (C=O) groups is 1. The molecule has 5 aromatic rings. The van der Waals surface area contributed by atoms with Crippen LogP contribution in [0.15, 0.2) is 54.7 Å². The van der Waals surface area contributed by atoms with E-state index in [0.717, 1.165) is 31.6 Å². The van der Waals surface area contributed by atoms with Gasteiger partial charge in [-0.2, -0.15) is 10.2 Å². The highest BCUT2D eigenvalue weighted by Crippen LogP contribution is 2.38. The van der Waals surface area contributed by atoms with Crippen molar-refractivity contribution in [2.24, 2.45) is 0 Å². The van der Waals surface area contributed by atoms with E-state index in [9.17, 15) is 4.79 Å². The van der Waals surface area contributed by atoms with E-state index in [1.807, 2.05) is 37.3 Å². The number of nitrogens with one attached hydrogen (secondary N) is 1. The number of fused-ring (bicyclic) bond motifs is 2. The number of aryl methyl sites for hydroxylation is 1. The average Bonchev–Trinajstić information content (AvgIpc) is 3.30. The largest absolute Gasteiger partial charge is 0.453 e. The Bertz CT molecular complexity index is 1620. The van der Waals surface area contributed by atoms with E-state index >= 15 is 4.39 Å². The molecule has 3 aromatic heterocycles. The number of benzene rings is 2. The molecule has 0 unspecified atom stereocenters. The van der Waals surface area contributed by atoms with Crippen molar-refractivity contribution in [3.63, 3.8) is 0 Å². The van der Waals surface area contributed by atoms with Gasteiger partial charge < -0.3 is 14.8 Å². The zero-order chi connectivity index (χ0) is 25.4. The summed E-state index contributed by atoms with van der Waals surface area (Å²) < 4.78 is 28.7. The summed E-state index contributed by atoms with van der Waals surface area (Å²) >= 11 is 0. The first-order valence-electron chi connectivity index (χ1n) is 12.0. The van der Waals surface area contributed by atoms with Gasteiger partial charge in [0, 0.05) is 17.5 Å². The molecule has 6 rings (SSSR count). The molecular formula is C27H23FN6O3. The lowest BCUT2D eigenvalue weighted by atomic mass is 9.92. The van der Waals surface area contributed by atoms with Crippen LogP contribution >= 0.6 is 0 Å². The molecule has 1 aliphatic rings. The summed E-state index contributed by atoms with van der Waals surface area (Å²) in [5.41, 5.74) is 2.99. The third kappa shape index (κ3) is 4.36. The SMILES string of the molecule is Cc1cn2nc(-c3cc(F)c4c(OC=O)c(C5CCNCC5)nnc4c3)cc(Oc3ccccc3)c2n1. The number of hydrogen-bond acceptors (Lipinski definition) is 8. The Labute approximate surface area is 211 Å². The highest BCUT2D eigenvalue weighted by molar-refractivity contribution is 5.90. The number of carbonyl (C=O) groups excluding carboxylic acids is 1. The second-order valence-corrected chi connectivity index (χ2v) is 8.96. The van der Waals surface area contributed by atoms with Crippen LogP contribution in [0, 0.1) is 12.7 Å². The lowest BCUT2D eigenvalue weighted by molar-refractivity contribution is -0.120. The molecule has 1 aliphatic heterocycles. The number of nitrogens with zero attached hydrogens (tertiary/aromatic N) is 5. The minimum absolute atomic E-state index is 0.0263. The number of rotatable bonds is 6. The fraction of sp³-hybridized carbons (Fsp3) is 0.222. The summed E-state index contributed by atoms with van der Waals surface area (Å²) in [6.07, 6.45) is 3.37. The Morgan fingerprint density at radius 1 is 1.11 bits per heavy atom. The summed E-state index contributed by atoms with van der Waals surface area (Å²) in [7, 11) is 0. The van der Waals surface area contributed by atoms with Crippen molar-refractivity contribution in [1.29, 1.82) is 0 Å². The van der Waals surface area contributed by atoms with E-state index < -0.39 is 5.82 Å². The molecule has 1 saturated heterocycles. The fourth-order valence-electron chi connectivity index (χ4n) is 4.75. The van der Waals surface area contributed by atoms with E-state index in [1.165, 1.54) is 6.07 Å². The van der Waals surface area contributed by atoms with Crippen LogP contribution in [0.25, 0.3) is 27.8 Å². The zero-order valence-corrected chi connectivity index (χ0v) is 20.0. The Kier molecular flexibility index (Phi) is 5.93. The monoisotopic (exact) mass is 498 g/mol. The van der Waals surface area contributed by atoms with Gasteiger partial charge in [0.1, 0.15) is 22.8 Å². The third-order valence-electron chi connectivity index (χ3n) is 6.47. The van der Waals surface area contributed by atoms with Crippen LogP contribution in [0.4, 0.5) is 4.39 Å². The van der Waals surface area contributed by atoms with Crippen molar-refractivity contribution >= 4 is 23.0 Å². The molecule has 10 heteroatoms. The molecule has 1 N–H and O–H groups in total. The molecule has 1 fully saturated rings. The molecule has 0 saturated carbocycles. The van der Waals surface area contributed by atoms with E-state index in [0.29, 0.717) is 40.6 Å². The standard InChI is InChI=1S/C27H23FN6O3/c1-16-14-34-27(30-16)23(37-19-5-3-2-4-6-19)13-21(33-34)18-11-20(28)24-22(12-18)31-32-25(26(24)36-15-35)17-7-9-29-10-8-17/h2-6,11-15,17,29H,7-10H2,1H3. The fourth-order valence-corrected chi connectivity index (χ4v) is 4.75. The van der Waals surface area contributed by atoms with Crippen molar-refractivity contribution in [3.8, 4) is 28.5 Å². The van der Waals surface area contributed by atoms with Gasteiger partial charge in [0.15, 0.2) is 17.1 Å². The lowest BCUT2D eigenvalue weighted by Gasteiger charge is -2.23. The van der Waals surface area contributed by atoms with Crippen LogP contribution < -0.4 is 14.8 Å². The number of para-hydroxylation sites is 1. The third-order valence-corrected chi connectivity index (χ3v) is 6.47. The van der Waals surface area contributed by atoms with Crippen LogP contribution in [-0.4, -0.2) is 44.4 Å². The van der Waals surface area contributed by atoms with E-state index in [4.69, 9.17) is 9.47 Å². The molecule has 37 heavy (non-hydrogen) atoms. The van der Waals surface area contributed by atoms with E-state index in [1.54, 1.807) is 22.8 Å². The number of hydrogen-bond donors (Lipinski definition) is 1. The number of aromatic nitrogens is 5. The van der Waals surface area contributed by atoms with Crippen LogP contribution in [-0.2, 0) is 4.79 Å². The molecular weight excluding hydrogens is 475 g/mol. The molecule has 0 aliphatic carbocycles. The van der Waals surface area contributed by atoms with Crippen molar-refractivity contribution in [1.82, 2.24) is 30.1 Å². The van der Waals surface area contributed by atoms with Gasteiger partial charge in [0.05, 0.1) is 23.0 Å². The Morgan fingerprint density at radius 2 is 1.92 bits per heavy atom. The summed E-state index contributed by atoms with van der Waals surface area (Å²) in [4.78, 5) is 15.9. The van der Waals surface area contributed by atoms with Crippen LogP contribution in [0.1, 0.15) is 30.1 Å². The molecule has 0 amide bonds. The van der Waals surface area contributed by atoms with Gasteiger partial charge in [-0.25, -0.2) is 13.9 Å². The van der Waals surface area contributed by atoms with Gasteiger partial charge in [-0.05, 0) is 57.1 Å². The summed E-state index contributed by atoms with van der Waals surface area (Å²) in [5.74, 6) is 0.681. The van der Waals surface area contributed by atoms with Crippen LogP contribution in [0.2, 0.25) is 0 Å². The molecule has 0 radical (unpaired) electrons. The first kappa shape index (κ1) is 23.0. The molecule has 0 bridgehead atoms. The predicted molar refractivity (Wildman–Crippen MR) is 134 cm³/mol. The van der Waals surface area contributed by atoms with Crippen molar-refractivity contribution in [2.75, 3.05) is 13.1 Å². The molecule has 4 heterocycles. The first-order valence-corrected chi connectivity index (χ1v) is 12.0. The normalized spacial score (nSPS) is 14.2. The highest BCUT2D eigenvalue weighted by Gasteiger charge is 2.26. The van der Waals surface area contributed by atoms with Gasteiger partial charge in [0.25, 0.3) is 6.47 Å². The van der Waals surface area contributed by atoms with Crippen LogP contribution in [0.5, 0.6) is 17.2 Å². The number of halogens is 1. The van der Waals surface area contributed by atoms with Crippen molar-refractivity contribution < 1.29 is 18.7 Å². The molecule has 186 valence electrons. The summed E-state index contributed by atoms with van der Waals surface area (Å²) in [6, 6.07) is 14.1. The van der Waals surface area contributed by atoms with E-state index in [-0.39, 0.29) is 22.6 Å². The second-order valence-electron chi connectivity index (χ2n) is 8.96. The molecule has 0 atom stereocenters. The second kappa shape index (κ2) is 9.55. The number of imidazole rings is 1. The average molecular weight is 499 g/mol. The molecule has 2 aromatic carbocycles. The maximum atomic E-state index is 15.7. The molecule has 9 nitrogen and oxygen atoms in total.